The van der Waals surface area contributed by atoms with Crippen molar-refractivity contribution in [3.05, 3.63) is 41.7 Å². The van der Waals surface area contributed by atoms with Crippen LogP contribution in [-0.4, -0.2) is 37.7 Å². The molecule has 0 spiro atoms. The highest BCUT2D eigenvalue weighted by atomic mass is 15.3. The van der Waals surface area contributed by atoms with Crippen LogP contribution in [0.4, 0.5) is 0 Å². The lowest BCUT2D eigenvalue weighted by molar-refractivity contribution is 0.134. The van der Waals surface area contributed by atoms with Crippen molar-refractivity contribution in [2.45, 2.75) is 19.4 Å². The van der Waals surface area contributed by atoms with Crippen molar-refractivity contribution in [1.29, 1.82) is 0 Å². The van der Waals surface area contributed by atoms with Crippen LogP contribution in [0.5, 0.6) is 0 Å². The van der Waals surface area contributed by atoms with Crippen molar-refractivity contribution in [3.63, 3.8) is 0 Å². The number of hydrogen-bond donors (Lipinski definition) is 0. The van der Waals surface area contributed by atoms with Gasteiger partial charge in [-0.05, 0) is 13.0 Å². The molecule has 0 atom stereocenters. The second-order valence-corrected chi connectivity index (χ2v) is 4.97. The summed E-state index contributed by atoms with van der Waals surface area (Å²) >= 11 is 0. The van der Waals surface area contributed by atoms with E-state index in [-0.39, 0.29) is 0 Å². The quantitative estimate of drug-likeness (QED) is 0.810. The number of nitrogens with zero attached hydrogens (tertiary/aromatic N) is 5. The van der Waals surface area contributed by atoms with Crippen molar-refractivity contribution in [3.8, 4) is 0 Å². The Bertz CT molecular complexity index is 542. The third kappa shape index (κ3) is 2.26. The van der Waals surface area contributed by atoms with E-state index in [1.807, 2.05) is 37.1 Å². The van der Waals surface area contributed by atoms with Crippen LogP contribution in [-0.2, 0) is 13.6 Å². The molecule has 3 rings (SSSR count). The van der Waals surface area contributed by atoms with Crippen LogP contribution in [0.3, 0.4) is 0 Å². The van der Waals surface area contributed by atoms with Crippen LogP contribution in [0.2, 0.25) is 0 Å². The molecule has 1 aliphatic heterocycles. The van der Waals surface area contributed by atoms with Gasteiger partial charge in [0.05, 0.1) is 6.20 Å². The summed E-state index contributed by atoms with van der Waals surface area (Å²) in [5, 5.41) is 4.18. The van der Waals surface area contributed by atoms with Gasteiger partial charge in [-0.1, -0.05) is 0 Å². The predicted octanol–water partition coefficient (Wildman–Crippen LogP) is 1.12. The predicted molar refractivity (Wildman–Crippen MR) is 68.0 cm³/mol. The minimum atomic E-state index is 0.488. The van der Waals surface area contributed by atoms with E-state index in [0.717, 1.165) is 31.2 Å². The second kappa shape index (κ2) is 4.49. The van der Waals surface area contributed by atoms with E-state index in [4.69, 9.17) is 0 Å². The molecular weight excluding hydrogens is 226 g/mol. The van der Waals surface area contributed by atoms with Gasteiger partial charge in [-0.15, -0.1) is 0 Å². The molecule has 1 aliphatic rings. The molecule has 0 unspecified atom stereocenters. The lowest BCUT2D eigenvalue weighted by atomic mass is 9.98. The first kappa shape index (κ1) is 11.3. The Hall–Kier alpha value is -1.75. The van der Waals surface area contributed by atoms with E-state index >= 15 is 0 Å². The summed E-state index contributed by atoms with van der Waals surface area (Å²) in [4.78, 5) is 11.2. The third-order valence-electron chi connectivity index (χ3n) is 3.30. The molecule has 1 fully saturated rings. The summed E-state index contributed by atoms with van der Waals surface area (Å²) in [5.74, 6) is 1.47. The van der Waals surface area contributed by atoms with Gasteiger partial charge in [-0.2, -0.15) is 5.10 Å². The van der Waals surface area contributed by atoms with Gasteiger partial charge in [0.25, 0.3) is 0 Å². The van der Waals surface area contributed by atoms with Crippen LogP contribution in [0.25, 0.3) is 0 Å². The zero-order chi connectivity index (χ0) is 12.5. The molecule has 1 saturated heterocycles. The SMILES string of the molecule is Cc1ccnc(C2CN(Cc3cnn(C)c3)C2)n1. The van der Waals surface area contributed by atoms with E-state index in [1.165, 1.54) is 5.56 Å². The normalized spacial score (nSPS) is 16.8. The van der Waals surface area contributed by atoms with Crippen LogP contribution in [0, 0.1) is 6.92 Å². The summed E-state index contributed by atoms with van der Waals surface area (Å²) in [6.07, 6.45) is 5.84. The van der Waals surface area contributed by atoms with Crippen LogP contribution < -0.4 is 0 Å². The Morgan fingerprint density at radius 1 is 1.39 bits per heavy atom. The topological polar surface area (TPSA) is 46.8 Å². The maximum Gasteiger partial charge on any atom is 0.134 e. The summed E-state index contributed by atoms with van der Waals surface area (Å²) < 4.78 is 1.84. The number of aromatic nitrogens is 4. The smallest absolute Gasteiger partial charge is 0.134 e. The maximum absolute atomic E-state index is 4.49. The van der Waals surface area contributed by atoms with E-state index in [1.54, 1.807) is 0 Å². The van der Waals surface area contributed by atoms with Crippen LogP contribution >= 0.6 is 0 Å². The Balaban J connectivity index is 1.57. The van der Waals surface area contributed by atoms with Gasteiger partial charge in [0.15, 0.2) is 0 Å². The Kier molecular flexibility index (Phi) is 2.83. The number of hydrogen-bond acceptors (Lipinski definition) is 4. The molecule has 0 aliphatic carbocycles. The highest BCUT2D eigenvalue weighted by molar-refractivity contribution is 5.11. The summed E-state index contributed by atoms with van der Waals surface area (Å²) in [6.45, 7) is 5.06. The molecule has 5 nitrogen and oxygen atoms in total. The fourth-order valence-electron chi connectivity index (χ4n) is 2.34. The van der Waals surface area contributed by atoms with Crippen molar-refractivity contribution in [1.82, 2.24) is 24.6 Å². The van der Waals surface area contributed by atoms with Gasteiger partial charge in [0, 0.05) is 56.3 Å². The summed E-state index contributed by atoms with van der Waals surface area (Å²) in [5.41, 5.74) is 2.31. The zero-order valence-corrected chi connectivity index (χ0v) is 10.7. The first-order chi connectivity index (χ1) is 8.70. The van der Waals surface area contributed by atoms with E-state index in [2.05, 4.69) is 26.2 Å². The lowest BCUT2D eigenvalue weighted by Gasteiger charge is -2.38. The van der Waals surface area contributed by atoms with E-state index in [0.29, 0.717) is 5.92 Å². The average molecular weight is 243 g/mol. The largest absolute Gasteiger partial charge is 0.297 e. The van der Waals surface area contributed by atoms with Crippen molar-refractivity contribution < 1.29 is 0 Å². The molecule has 0 bridgehead atoms. The fraction of sp³-hybridized carbons (Fsp3) is 0.462. The fourth-order valence-corrected chi connectivity index (χ4v) is 2.34. The number of aryl methyl sites for hydroxylation is 2. The second-order valence-electron chi connectivity index (χ2n) is 4.97. The molecule has 5 heteroatoms. The molecule has 0 aromatic carbocycles. The highest BCUT2D eigenvalue weighted by Gasteiger charge is 2.30. The number of rotatable bonds is 3. The van der Waals surface area contributed by atoms with Crippen molar-refractivity contribution >= 4 is 0 Å². The van der Waals surface area contributed by atoms with Gasteiger partial charge >= 0.3 is 0 Å². The van der Waals surface area contributed by atoms with Gasteiger partial charge < -0.3 is 0 Å². The van der Waals surface area contributed by atoms with Crippen LogP contribution in [0.15, 0.2) is 24.7 Å². The van der Waals surface area contributed by atoms with E-state index < -0.39 is 0 Å². The Morgan fingerprint density at radius 2 is 2.22 bits per heavy atom. The molecule has 2 aromatic rings. The van der Waals surface area contributed by atoms with Crippen molar-refractivity contribution in [2.75, 3.05) is 13.1 Å². The van der Waals surface area contributed by atoms with Crippen LogP contribution in [0.1, 0.15) is 23.0 Å². The minimum Gasteiger partial charge on any atom is -0.297 e. The molecule has 2 aromatic heterocycles. The van der Waals surface area contributed by atoms with Gasteiger partial charge in [0.1, 0.15) is 5.82 Å². The molecule has 0 N–H and O–H groups in total. The lowest BCUT2D eigenvalue weighted by Crippen LogP contribution is -2.44. The summed E-state index contributed by atoms with van der Waals surface area (Å²) in [7, 11) is 1.95. The number of likely N-dealkylation sites (tertiary alicyclic amines) is 1. The Labute approximate surface area is 106 Å². The molecular formula is C13H17N5. The van der Waals surface area contributed by atoms with Crippen molar-refractivity contribution in [2.24, 2.45) is 7.05 Å². The Morgan fingerprint density at radius 3 is 2.89 bits per heavy atom. The average Bonchev–Trinajstić information content (AvgIpc) is 2.69. The van der Waals surface area contributed by atoms with Gasteiger partial charge in [0.2, 0.25) is 0 Å². The molecule has 94 valence electrons. The molecule has 0 saturated carbocycles. The highest BCUT2D eigenvalue weighted by Crippen LogP contribution is 2.25. The molecule has 3 heterocycles. The van der Waals surface area contributed by atoms with E-state index in [9.17, 15) is 0 Å². The van der Waals surface area contributed by atoms with Gasteiger partial charge in [-0.25, -0.2) is 9.97 Å². The minimum absolute atomic E-state index is 0.488. The standard InChI is InChI=1S/C13H17N5/c1-10-3-4-14-13(16-10)12-8-18(9-12)7-11-5-15-17(2)6-11/h3-6,12H,7-9H2,1-2H3. The monoisotopic (exact) mass is 243 g/mol. The molecule has 18 heavy (non-hydrogen) atoms. The summed E-state index contributed by atoms with van der Waals surface area (Å²) in [6, 6.07) is 1.94. The first-order valence-electron chi connectivity index (χ1n) is 6.20. The van der Waals surface area contributed by atoms with Gasteiger partial charge in [-0.3, -0.25) is 9.58 Å². The molecule has 0 amide bonds. The zero-order valence-electron chi connectivity index (χ0n) is 10.7. The molecule has 0 radical (unpaired) electrons. The first-order valence-corrected chi connectivity index (χ1v) is 6.20. The third-order valence-corrected chi connectivity index (χ3v) is 3.30. The maximum atomic E-state index is 4.49.